The van der Waals surface area contributed by atoms with Gasteiger partial charge in [0, 0.05) is 26.2 Å². The van der Waals surface area contributed by atoms with E-state index >= 15 is 0 Å². The predicted molar refractivity (Wildman–Crippen MR) is 87.1 cm³/mol. The molecule has 1 aromatic carbocycles. The number of fused-ring (bicyclic) bond motifs is 1. The fraction of sp³-hybridized carbons (Fsp3) is 0.462. The molecule has 0 spiro atoms. The molecule has 0 aliphatic rings. The van der Waals surface area contributed by atoms with Gasteiger partial charge in [-0.05, 0) is 25.1 Å². The molecule has 0 radical (unpaired) electrons. The minimum atomic E-state index is -3.60. The first-order valence-corrected chi connectivity index (χ1v) is 8.24. The van der Waals surface area contributed by atoms with Gasteiger partial charge in [0.2, 0.25) is 10.0 Å². The summed E-state index contributed by atoms with van der Waals surface area (Å²) < 4.78 is 33.1. The first kappa shape index (κ1) is 18.7. The third-order valence-electron chi connectivity index (χ3n) is 3.09. The molecule has 0 amide bonds. The van der Waals surface area contributed by atoms with Crippen LogP contribution in [0.4, 0.5) is 0 Å². The van der Waals surface area contributed by atoms with E-state index in [0.29, 0.717) is 18.6 Å². The van der Waals surface area contributed by atoms with E-state index < -0.39 is 15.8 Å². The number of sulfonamides is 1. The van der Waals surface area contributed by atoms with Crippen LogP contribution in [0, 0.1) is 0 Å². The number of oxazole rings is 1. The van der Waals surface area contributed by atoms with Crippen molar-refractivity contribution in [2.75, 3.05) is 19.6 Å². The molecule has 7 nitrogen and oxygen atoms in total. The summed E-state index contributed by atoms with van der Waals surface area (Å²) in [5.74, 6) is -0.517. The number of aryl methyl sites for hydroxylation is 1. The predicted octanol–water partition coefficient (Wildman–Crippen LogP) is 0.831. The van der Waals surface area contributed by atoms with Gasteiger partial charge < -0.3 is 9.73 Å². The lowest BCUT2D eigenvalue weighted by Crippen LogP contribution is -2.32. The molecule has 1 heterocycles. The third kappa shape index (κ3) is 4.10. The molecular formula is C13H20ClN3O4S. The Morgan fingerprint density at radius 2 is 1.95 bits per heavy atom. The van der Waals surface area contributed by atoms with Gasteiger partial charge in [-0.1, -0.05) is 6.92 Å². The SMILES string of the molecule is CCCNCCNS(=O)(=O)c1ccc2c(c1)oc(=O)n2C.Cl. The van der Waals surface area contributed by atoms with Crippen LogP contribution in [0.1, 0.15) is 13.3 Å². The number of benzene rings is 1. The topological polar surface area (TPSA) is 93.3 Å². The van der Waals surface area contributed by atoms with Crippen molar-refractivity contribution in [2.24, 2.45) is 7.05 Å². The molecule has 2 N–H and O–H groups in total. The fourth-order valence-electron chi connectivity index (χ4n) is 1.94. The zero-order valence-electron chi connectivity index (χ0n) is 12.5. The largest absolute Gasteiger partial charge is 0.419 e. The summed E-state index contributed by atoms with van der Waals surface area (Å²) in [5, 5.41) is 3.11. The maximum absolute atomic E-state index is 12.1. The second kappa shape index (κ2) is 7.77. The van der Waals surface area contributed by atoms with Crippen molar-refractivity contribution in [1.29, 1.82) is 0 Å². The van der Waals surface area contributed by atoms with Gasteiger partial charge in [-0.15, -0.1) is 12.4 Å². The zero-order chi connectivity index (χ0) is 15.5. The monoisotopic (exact) mass is 349 g/mol. The third-order valence-corrected chi connectivity index (χ3v) is 4.55. The Balaban J connectivity index is 0.00000242. The van der Waals surface area contributed by atoms with Crippen molar-refractivity contribution >= 4 is 33.5 Å². The number of rotatable bonds is 7. The van der Waals surface area contributed by atoms with E-state index in [9.17, 15) is 13.2 Å². The van der Waals surface area contributed by atoms with Crippen LogP contribution in [-0.4, -0.2) is 32.6 Å². The van der Waals surface area contributed by atoms with Crippen LogP contribution >= 0.6 is 12.4 Å². The quantitative estimate of drug-likeness (QED) is 0.722. The van der Waals surface area contributed by atoms with Gasteiger partial charge in [0.1, 0.15) is 0 Å². The van der Waals surface area contributed by atoms with E-state index in [0.717, 1.165) is 13.0 Å². The lowest BCUT2D eigenvalue weighted by molar-refractivity contribution is 0.527. The Bertz CT molecular complexity index is 782. The van der Waals surface area contributed by atoms with Gasteiger partial charge in [0.25, 0.3) is 0 Å². The summed E-state index contributed by atoms with van der Waals surface area (Å²) in [7, 11) is -2.03. The number of nitrogens with one attached hydrogen (secondary N) is 2. The van der Waals surface area contributed by atoms with Gasteiger partial charge in [0.05, 0.1) is 10.4 Å². The van der Waals surface area contributed by atoms with E-state index in [1.54, 1.807) is 13.1 Å². The Labute approximate surface area is 135 Å². The molecule has 2 aromatic rings. The first-order chi connectivity index (χ1) is 9.95. The van der Waals surface area contributed by atoms with E-state index in [1.807, 2.05) is 6.92 Å². The summed E-state index contributed by atoms with van der Waals surface area (Å²) >= 11 is 0. The second-order valence-corrected chi connectivity index (χ2v) is 6.47. The molecule has 0 bridgehead atoms. The van der Waals surface area contributed by atoms with Crippen LogP contribution in [0.2, 0.25) is 0 Å². The normalized spacial score (nSPS) is 11.5. The molecule has 22 heavy (non-hydrogen) atoms. The van der Waals surface area contributed by atoms with Crippen LogP contribution in [0.25, 0.3) is 11.1 Å². The maximum atomic E-state index is 12.1. The van der Waals surface area contributed by atoms with Crippen molar-refractivity contribution in [3.05, 3.63) is 28.7 Å². The maximum Gasteiger partial charge on any atom is 0.419 e. The highest BCUT2D eigenvalue weighted by molar-refractivity contribution is 7.89. The summed E-state index contributed by atoms with van der Waals surface area (Å²) in [6.45, 7) is 3.76. The van der Waals surface area contributed by atoms with Crippen molar-refractivity contribution in [3.8, 4) is 0 Å². The first-order valence-electron chi connectivity index (χ1n) is 6.75. The lowest BCUT2D eigenvalue weighted by atomic mass is 10.3. The minimum Gasteiger partial charge on any atom is -0.408 e. The number of hydrogen-bond donors (Lipinski definition) is 2. The molecule has 0 aliphatic carbocycles. The average Bonchev–Trinajstić information content (AvgIpc) is 2.73. The summed E-state index contributed by atoms with van der Waals surface area (Å²) in [4.78, 5) is 11.5. The van der Waals surface area contributed by atoms with Crippen LogP contribution < -0.4 is 15.8 Å². The average molecular weight is 350 g/mol. The standard InChI is InChI=1S/C13H19N3O4S.ClH/c1-3-6-14-7-8-15-21(18,19)10-4-5-11-12(9-10)20-13(17)16(11)2;/h4-5,9,14-15H,3,6-8H2,1-2H3;1H. The summed E-state index contributed by atoms with van der Waals surface area (Å²) in [6.07, 6.45) is 0.996. The highest BCUT2D eigenvalue weighted by Gasteiger charge is 2.16. The van der Waals surface area contributed by atoms with Gasteiger partial charge in [-0.3, -0.25) is 4.57 Å². The van der Waals surface area contributed by atoms with E-state index in [2.05, 4.69) is 10.0 Å². The lowest BCUT2D eigenvalue weighted by Gasteiger charge is -2.07. The van der Waals surface area contributed by atoms with Crippen molar-refractivity contribution in [3.63, 3.8) is 0 Å². The highest BCUT2D eigenvalue weighted by Crippen LogP contribution is 2.17. The van der Waals surface area contributed by atoms with Crippen molar-refractivity contribution in [2.45, 2.75) is 18.2 Å². The second-order valence-electron chi connectivity index (χ2n) is 4.70. The fourth-order valence-corrected chi connectivity index (χ4v) is 2.99. The number of aromatic nitrogens is 1. The van der Waals surface area contributed by atoms with Gasteiger partial charge in [0.15, 0.2) is 5.58 Å². The molecule has 0 saturated heterocycles. The van der Waals surface area contributed by atoms with Crippen LogP contribution in [-0.2, 0) is 17.1 Å². The van der Waals surface area contributed by atoms with Crippen LogP contribution in [0.3, 0.4) is 0 Å². The number of hydrogen-bond acceptors (Lipinski definition) is 5. The molecule has 124 valence electrons. The van der Waals surface area contributed by atoms with E-state index in [4.69, 9.17) is 4.42 Å². The summed E-state index contributed by atoms with van der Waals surface area (Å²) in [5.41, 5.74) is 0.818. The molecule has 2 rings (SSSR count). The number of nitrogens with zero attached hydrogens (tertiary/aromatic N) is 1. The molecule has 9 heteroatoms. The van der Waals surface area contributed by atoms with E-state index in [-0.39, 0.29) is 22.9 Å². The minimum absolute atomic E-state index is 0. The molecule has 0 saturated carbocycles. The van der Waals surface area contributed by atoms with Gasteiger partial charge in [-0.2, -0.15) is 0 Å². The Kier molecular flexibility index (Phi) is 6.61. The van der Waals surface area contributed by atoms with Gasteiger partial charge in [-0.25, -0.2) is 17.9 Å². The van der Waals surface area contributed by atoms with Crippen LogP contribution in [0.15, 0.2) is 32.3 Å². The Morgan fingerprint density at radius 1 is 1.23 bits per heavy atom. The van der Waals surface area contributed by atoms with Crippen molar-refractivity contribution < 1.29 is 12.8 Å². The van der Waals surface area contributed by atoms with E-state index in [1.165, 1.54) is 16.7 Å². The Hall–Kier alpha value is -1.35. The molecule has 0 fully saturated rings. The number of halogens is 1. The molecule has 1 aromatic heterocycles. The Morgan fingerprint density at radius 3 is 2.64 bits per heavy atom. The van der Waals surface area contributed by atoms with Crippen molar-refractivity contribution in [1.82, 2.24) is 14.6 Å². The zero-order valence-corrected chi connectivity index (χ0v) is 14.1. The molecule has 0 atom stereocenters. The smallest absolute Gasteiger partial charge is 0.408 e. The molecule has 0 unspecified atom stereocenters. The summed E-state index contributed by atoms with van der Waals surface area (Å²) in [6, 6.07) is 4.38. The molecular weight excluding hydrogens is 330 g/mol. The van der Waals surface area contributed by atoms with Crippen LogP contribution in [0.5, 0.6) is 0 Å². The highest BCUT2D eigenvalue weighted by atomic mass is 35.5. The molecule has 0 aliphatic heterocycles. The van der Waals surface area contributed by atoms with Gasteiger partial charge >= 0.3 is 5.76 Å².